The molecule has 1 aromatic heterocycles. The fourth-order valence-corrected chi connectivity index (χ4v) is 3.56. The van der Waals surface area contributed by atoms with Gasteiger partial charge in [-0.05, 0) is 30.3 Å². The van der Waals surface area contributed by atoms with Gasteiger partial charge in [-0.3, -0.25) is 0 Å². The number of ether oxygens (including phenoxy) is 2. The zero-order chi connectivity index (χ0) is 22.4. The molecule has 9 heteroatoms. The molecule has 1 heterocycles. The first-order chi connectivity index (χ1) is 15.0. The molecule has 3 aromatic rings. The van der Waals surface area contributed by atoms with Crippen molar-refractivity contribution in [3.05, 3.63) is 75.2 Å². The van der Waals surface area contributed by atoms with Crippen molar-refractivity contribution in [3.8, 4) is 17.3 Å². The highest BCUT2D eigenvalue weighted by Gasteiger charge is 2.16. The zero-order valence-corrected chi connectivity index (χ0v) is 18.1. The number of carbonyl (C=O) groups excluding carboxylic acids is 2. The van der Waals surface area contributed by atoms with Gasteiger partial charge in [-0.1, -0.05) is 23.7 Å². The monoisotopic (exact) mass is 453 g/mol. The number of carbonyl (C=O) groups is 2. The van der Waals surface area contributed by atoms with Gasteiger partial charge >= 0.3 is 11.9 Å². The van der Waals surface area contributed by atoms with Gasteiger partial charge in [-0.15, -0.1) is 11.3 Å². The second-order valence-corrected chi connectivity index (χ2v) is 7.40. The predicted molar refractivity (Wildman–Crippen MR) is 119 cm³/mol. The fourth-order valence-electron chi connectivity index (χ4n) is 2.64. The van der Waals surface area contributed by atoms with Crippen LogP contribution in [0.15, 0.2) is 54.0 Å². The van der Waals surface area contributed by atoms with Crippen LogP contribution < -0.4 is 5.32 Å². The molecule has 7 nitrogen and oxygen atoms in total. The number of halogens is 1. The van der Waals surface area contributed by atoms with Gasteiger partial charge in [0.2, 0.25) is 0 Å². The summed E-state index contributed by atoms with van der Waals surface area (Å²) in [5.41, 5.74) is 2.56. The Kier molecular flexibility index (Phi) is 7.03. The van der Waals surface area contributed by atoms with E-state index in [-0.39, 0.29) is 22.4 Å². The second-order valence-electron chi connectivity index (χ2n) is 6.10. The molecule has 0 atom stereocenters. The Morgan fingerprint density at radius 2 is 1.84 bits per heavy atom. The summed E-state index contributed by atoms with van der Waals surface area (Å²) in [6, 6.07) is 13.7. The predicted octanol–water partition coefficient (Wildman–Crippen LogP) is 5.01. The number of esters is 2. The first-order valence-corrected chi connectivity index (χ1v) is 10.1. The molecule has 0 amide bonds. The van der Waals surface area contributed by atoms with Gasteiger partial charge in [0.05, 0.1) is 36.7 Å². The lowest BCUT2D eigenvalue weighted by atomic mass is 10.1. The molecule has 0 saturated carbocycles. The molecule has 0 fully saturated rings. The highest BCUT2D eigenvalue weighted by atomic mass is 35.5. The SMILES string of the molecule is COC(=O)c1ccc(C(=O)OC)c(NC=C(C#N)c2nc(-c3ccc(Cl)cc3)cs2)c1. The van der Waals surface area contributed by atoms with E-state index in [0.717, 1.165) is 5.56 Å². The summed E-state index contributed by atoms with van der Waals surface area (Å²) in [6.07, 6.45) is 1.42. The number of thiazole rings is 1. The Balaban J connectivity index is 1.92. The van der Waals surface area contributed by atoms with Gasteiger partial charge in [0.15, 0.2) is 0 Å². The molecule has 0 aliphatic carbocycles. The van der Waals surface area contributed by atoms with Crippen LogP contribution in [0.1, 0.15) is 25.7 Å². The molecule has 2 aromatic carbocycles. The van der Waals surface area contributed by atoms with Crippen molar-refractivity contribution in [1.29, 1.82) is 5.26 Å². The van der Waals surface area contributed by atoms with Crippen LogP contribution in [0.25, 0.3) is 16.8 Å². The summed E-state index contributed by atoms with van der Waals surface area (Å²) in [5.74, 6) is -1.15. The van der Waals surface area contributed by atoms with Crippen molar-refractivity contribution in [2.45, 2.75) is 0 Å². The lowest BCUT2D eigenvalue weighted by Crippen LogP contribution is -2.08. The molecule has 1 N–H and O–H groups in total. The minimum absolute atomic E-state index is 0.199. The van der Waals surface area contributed by atoms with Crippen LogP contribution in [0.5, 0.6) is 0 Å². The minimum Gasteiger partial charge on any atom is -0.465 e. The summed E-state index contributed by atoms with van der Waals surface area (Å²) in [6.45, 7) is 0. The van der Waals surface area contributed by atoms with E-state index >= 15 is 0 Å². The highest BCUT2D eigenvalue weighted by Crippen LogP contribution is 2.27. The number of allylic oxidation sites excluding steroid dienone is 1. The van der Waals surface area contributed by atoms with Crippen molar-refractivity contribution in [2.75, 3.05) is 19.5 Å². The fraction of sp³-hybridized carbons (Fsp3) is 0.0909. The van der Waals surface area contributed by atoms with E-state index in [1.165, 1.54) is 50.0 Å². The number of anilines is 1. The van der Waals surface area contributed by atoms with Crippen LogP contribution in [0.2, 0.25) is 5.02 Å². The smallest absolute Gasteiger partial charge is 0.339 e. The lowest BCUT2D eigenvalue weighted by Gasteiger charge is -2.10. The zero-order valence-electron chi connectivity index (χ0n) is 16.5. The molecule has 3 rings (SSSR count). The van der Waals surface area contributed by atoms with Gasteiger partial charge in [0, 0.05) is 22.2 Å². The number of rotatable bonds is 6. The third-order valence-corrected chi connectivity index (χ3v) is 5.34. The van der Waals surface area contributed by atoms with E-state index in [4.69, 9.17) is 21.1 Å². The van der Waals surface area contributed by atoms with E-state index in [2.05, 4.69) is 16.4 Å². The van der Waals surface area contributed by atoms with Crippen LogP contribution >= 0.6 is 22.9 Å². The van der Waals surface area contributed by atoms with Gasteiger partial charge in [0.1, 0.15) is 16.6 Å². The number of methoxy groups -OCH3 is 2. The Labute approximate surface area is 187 Å². The van der Waals surface area contributed by atoms with E-state index in [9.17, 15) is 14.9 Å². The number of nitrogens with one attached hydrogen (secondary N) is 1. The summed E-state index contributed by atoms with van der Waals surface area (Å²) in [5, 5.41) is 15.5. The summed E-state index contributed by atoms with van der Waals surface area (Å²) in [7, 11) is 2.52. The number of nitriles is 1. The summed E-state index contributed by atoms with van der Waals surface area (Å²) >= 11 is 7.22. The first-order valence-electron chi connectivity index (χ1n) is 8.86. The highest BCUT2D eigenvalue weighted by molar-refractivity contribution is 7.11. The lowest BCUT2D eigenvalue weighted by molar-refractivity contribution is 0.0587. The van der Waals surface area contributed by atoms with E-state index in [1.807, 2.05) is 17.5 Å². The number of hydrogen-bond donors (Lipinski definition) is 1. The second kappa shape index (κ2) is 9.89. The Morgan fingerprint density at radius 3 is 2.48 bits per heavy atom. The molecule has 0 spiro atoms. The molecule has 0 saturated heterocycles. The molecular weight excluding hydrogens is 438 g/mol. The van der Waals surface area contributed by atoms with Gasteiger partial charge in [-0.25, -0.2) is 14.6 Å². The quantitative estimate of drug-likeness (QED) is 0.413. The molecule has 31 heavy (non-hydrogen) atoms. The number of hydrogen-bond acceptors (Lipinski definition) is 8. The molecule has 0 unspecified atom stereocenters. The van der Waals surface area contributed by atoms with Gasteiger partial charge < -0.3 is 14.8 Å². The minimum atomic E-state index is -0.593. The third-order valence-electron chi connectivity index (χ3n) is 4.21. The standard InChI is InChI=1S/C22H16ClN3O4S/c1-29-21(27)14-5-8-17(22(28)30-2)18(9-14)25-11-15(10-24)20-26-19(12-31-20)13-3-6-16(23)7-4-13/h3-9,11-12,25H,1-2H3. The Hall–Kier alpha value is -3.67. The average Bonchev–Trinajstić information content (AvgIpc) is 3.28. The van der Waals surface area contributed by atoms with Gasteiger partial charge in [-0.2, -0.15) is 5.26 Å². The van der Waals surface area contributed by atoms with Crippen molar-refractivity contribution in [1.82, 2.24) is 4.98 Å². The number of aromatic nitrogens is 1. The van der Waals surface area contributed by atoms with Crippen LogP contribution in [-0.4, -0.2) is 31.1 Å². The molecule has 0 radical (unpaired) electrons. The molecule has 0 aliphatic rings. The van der Waals surface area contributed by atoms with E-state index in [1.54, 1.807) is 12.1 Å². The first kappa shape index (κ1) is 22.0. The maximum Gasteiger partial charge on any atom is 0.339 e. The maximum atomic E-state index is 12.1. The van der Waals surface area contributed by atoms with Crippen molar-refractivity contribution >= 4 is 46.1 Å². The largest absolute Gasteiger partial charge is 0.465 e. The molecular formula is C22H16ClN3O4S. The van der Waals surface area contributed by atoms with Crippen LogP contribution in [0.4, 0.5) is 5.69 Å². The Bertz CT molecular complexity index is 1200. The summed E-state index contributed by atoms with van der Waals surface area (Å²) < 4.78 is 9.50. The molecule has 156 valence electrons. The normalized spacial score (nSPS) is 10.8. The number of benzene rings is 2. The molecule has 0 aliphatic heterocycles. The van der Waals surface area contributed by atoms with E-state index in [0.29, 0.717) is 15.7 Å². The summed E-state index contributed by atoms with van der Waals surface area (Å²) in [4.78, 5) is 28.4. The molecule has 0 bridgehead atoms. The topological polar surface area (TPSA) is 101 Å². The number of nitrogens with zero attached hydrogens (tertiary/aromatic N) is 2. The van der Waals surface area contributed by atoms with Crippen LogP contribution in [0, 0.1) is 11.3 Å². The van der Waals surface area contributed by atoms with Crippen LogP contribution in [0.3, 0.4) is 0 Å². The van der Waals surface area contributed by atoms with Crippen molar-refractivity contribution in [2.24, 2.45) is 0 Å². The van der Waals surface area contributed by atoms with Crippen LogP contribution in [-0.2, 0) is 9.47 Å². The average molecular weight is 454 g/mol. The maximum absolute atomic E-state index is 12.1. The van der Waals surface area contributed by atoms with Crippen molar-refractivity contribution < 1.29 is 19.1 Å². The Morgan fingerprint density at radius 1 is 1.13 bits per heavy atom. The van der Waals surface area contributed by atoms with E-state index < -0.39 is 11.9 Å². The van der Waals surface area contributed by atoms with Crippen molar-refractivity contribution in [3.63, 3.8) is 0 Å². The van der Waals surface area contributed by atoms with Gasteiger partial charge in [0.25, 0.3) is 0 Å². The third kappa shape index (κ3) is 5.09.